The smallest absolute Gasteiger partial charge is 0.335 e. The van der Waals surface area contributed by atoms with Crippen LogP contribution in [0.4, 0.5) is 0 Å². The molecular weight excluding hydrogens is 266 g/mol. The first-order chi connectivity index (χ1) is 8.86. The number of unbranched alkanes of at least 4 members (excludes halogenated alkanes) is 1. The number of rotatable bonds is 7. The van der Waals surface area contributed by atoms with Gasteiger partial charge in [-0.15, -0.1) is 0 Å². The van der Waals surface area contributed by atoms with Crippen LogP contribution >= 0.6 is 0 Å². The van der Waals surface area contributed by atoms with Crippen molar-refractivity contribution in [1.82, 2.24) is 4.31 Å². The van der Waals surface area contributed by atoms with Crippen LogP contribution in [-0.2, 0) is 15.8 Å². The molecule has 0 saturated heterocycles. The molecule has 1 aromatic rings. The van der Waals surface area contributed by atoms with E-state index in [9.17, 15) is 13.2 Å². The molecule has 0 aliphatic rings. The fourth-order valence-electron chi connectivity index (χ4n) is 1.58. The molecule has 0 spiro atoms. The Morgan fingerprint density at radius 2 is 1.84 bits per heavy atom. The normalized spacial score (nSPS) is 11.7. The van der Waals surface area contributed by atoms with Crippen LogP contribution in [0.1, 0.15) is 35.7 Å². The van der Waals surface area contributed by atoms with E-state index in [1.165, 1.54) is 28.6 Å². The van der Waals surface area contributed by atoms with Gasteiger partial charge in [-0.05, 0) is 24.1 Å². The van der Waals surface area contributed by atoms with Gasteiger partial charge in [-0.2, -0.15) is 0 Å². The summed E-state index contributed by atoms with van der Waals surface area (Å²) in [6.45, 7) is 2.51. The van der Waals surface area contributed by atoms with E-state index in [2.05, 4.69) is 0 Å². The molecule has 0 radical (unpaired) electrons. The van der Waals surface area contributed by atoms with E-state index in [0.29, 0.717) is 12.1 Å². The molecule has 0 heterocycles. The van der Waals surface area contributed by atoms with E-state index in [1.54, 1.807) is 7.05 Å². The monoisotopic (exact) mass is 285 g/mol. The molecule has 106 valence electrons. The standard InChI is InChI=1S/C13H19NO4S/c1-3-4-9-14(2)19(17,18)10-11-5-7-12(8-6-11)13(15)16/h5-8H,3-4,9-10H2,1-2H3,(H,15,16). The van der Waals surface area contributed by atoms with Crippen LogP contribution in [0.2, 0.25) is 0 Å². The molecular formula is C13H19NO4S. The number of carboxylic acids is 1. The molecule has 5 nitrogen and oxygen atoms in total. The Morgan fingerprint density at radius 3 is 2.32 bits per heavy atom. The zero-order chi connectivity index (χ0) is 14.5. The van der Waals surface area contributed by atoms with Crippen molar-refractivity contribution in [3.05, 3.63) is 35.4 Å². The lowest BCUT2D eigenvalue weighted by molar-refractivity contribution is 0.0697. The largest absolute Gasteiger partial charge is 0.478 e. The van der Waals surface area contributed by atoms with Gasteiger partial charge in [0, 0.05) is 13.6 Å². The van der Waals surface area contributed by atoms with Crippen LogP contribution < -0.4 is 0 Å². The molecule has 0 aromatic heterocycles. The average Bonchev–Trinajstić information content (AvgIpc) is 2.36. The van der Waals surface area contributed by atoms with Crippen molar-refractivity contribution in [3.63, 3.8) is 0 Å². The molecule has 1 N–H and O–H groups in total. The first-order valence-corrected chi connectivity index (χ1v) is 7.74. The highest BCUT2D eigenvalue weighted by atomic mass is 32.2. The summed E-state index contributed by atoms with van der Waals surface area (Å²) in [5, 5.41) is 8.77. The maximum absolute atomic E-state index is 12.0. The number of sulfonamides is 1. The molecule has 1 aromatic carbocycles. The van der Waals surface area contributed by atoms with E-state index < -0.39 is 16.0 Å². The molecule has 0 aliphatic heterocycles. The Kier molecular flexibility index (Phi) is 5.50. The Morgan fingerprint density at radius 1 is 1.26 bits per heavy atom. The van der Waals surface area contributed by atoms with Gasteiger partial charge in [0.2, 0.25) is 10.0 Å². The molecule has 0 bridgehead atoms. The van der Waals surface area contributed by atoms with Crippen LogP contribution in [0.25, 0.3) is 0 Å². The second-order valence-electron chi connectivity index (χ2n) is 4.43. The summed E-state index contributed by atoms with van der Waals surface area (Å²) in [6, 6.07) is 5.90. The van der Waals surface area contributed by atoms with Crippen molar-refractivity contribution in [3.8, 4) is 0 Å². The van der Waals surface area contributed by atoms with Gasteiger partial charge < -0.3 is 5.11 Å². The van der Waals surface area contributed by atoms with Crippen molar-refractivity contribution in [1.29, 1.82) is 0 Å². The lowest BCUT2D eigenvalue weighted by Crippen LogP contribution is -2.29. The first kappa shape index (κ1) is 15.7. The molecule has 6 heteroatoms. The molecule has 0 aliphatic carbocycles. The minimum Gasteiger partial charge on any atom is -0.478 e. The Labute approximate surface area is 113 Å². The minimum absolute atomic E-state index is 0.104. The van der Waals surface area contributed by atoms with Gasteiger partial charge in [0.25, 0.3) is 0 Å². The predicted molar refractivity (Wildman–Crippen MR) is 73.6 cm³/mol. The van der Waals surface area contributed by atoms with E-state index in [0.717, 1.165) is 12.8 Å². The highest BCUT2D eigenvalue weighted by Gasteiger charge is 2.18. The number of carbonyl (C=O) groups is 1. The summed E-state index contributed by atoms with van der Waals surface area (Å²) < 4.78 is 25.4. The van der Waals surface area contributed by atoms with Gasteiger partial charge in [0.05, 0.1) is 11.3 Å². The number of hydrogen-bond donors (Lipinski definition) is 1. The second kappa shape index (κ2) is 6.68. The fourth-order valence-corrected chi connectivity index (χ4v) is 2.83. The third kappa shape index (κ3) is 4.65. The predicted octanol–water partition coefficient (Wildman–Crippen LogP) is 1.95. The molecule has 0 atom stereocenters. The number of carboxylic acid groups (broad SMARTS) is 1. The second-order valence-corrected chi connectivity index (χ2v) is 6.51. The van der Waals surface area contributed by atoms with Crippen molar-refractivity contribution < 1.29 is 18.3 Å². The Bertz CT molecular complexity index is 522. The summed E-state index contributed by atoms with van der Waals surface area (Å²) in [4.78, 5) is 10.7. The van der Waals surface area contributed by atoms with Gasteiger partial charge in [0.15, 0.2) is 0 Å². The summed E-state index contributed by atoms with van der Waals surface area (Å²) in [5.41, 5.74) is 0.744. The molecule has 0 amide bonds. The first-order valence-electron chi connectivity index (χ1n) is 6.13. The van der Waals surface area contributed by atoms with Gasteiger partial charge in [0.1, 0.15) is 0 Å². The summed E-state index contributed by atoms with van der Waals surface area (Å²) in [7, 11) is -1.77. The van der Waals surface area contributed by atoms with E-state index in [-0.39, 0.29) is 11.3 Å². The van der Waals surface area contributed by atoms with Gasteiger partial charge >= 0.3 is 5.97 Å². The molecule has 19 heavy (non-hydrogen) atoms. The number of nitrogens with zero attached hydrogens (tertiary/aromatic N) is 1. The maximum atomic E-state index is 12.0. The van der Waals surface area contributed by atoms with E-state index >= 15 is 0 Å². The third-order valence-corrected chi connectivity index (χ3v) is 4.68. The third-order valence-electron chi connectivity index (χ3n) is 2.85. The highest BCUT2D eigenvalue weighted by Crippen LogP contribution is 2.11. The Balaban J connectivity index is 2.75. The van der Waals surface area contributed by atoms with Gasteiger partial charge in [-0.25, -0.2) is 17.5 Å². The number of hydrogen-bond acceptors (Lipinski definition) is 3. The quantitative estimate of drug-likeness (QED) is 0.831. The van der Waals surface area contributed by atoms with Crippen molar-refractivity contribution >= 4 is 16.0 Å². The Hall–Kier alpha value is -1.40. The fraction of sp³-hybridized carbons (Fsp3) is 0.462. The lowest BCUT2D eigenvalue weighted by Gasteiger charge is -2.16. The highest BCUT2D eigenvalue weighted by molar-refractivity contribution is 7.88. The van der Waals surface area contributed by atoms with Crippen molar-refractivity contribution in [2.24, 2.45) is 0 Å². The molecule has 1 rings (SSSR count). The van der Waals surface area contributed by atoms with Crippen LogP contribution in [0.3, 0.4) is 0 Å². The summed E-state index contributed by atoms with van der Waals surface area (Å²) in [5.74, 6) is -1.12. The number of benzene rings is 1. The van der Waals surface area contributed by atoms with Crippen LogP contribution in [0.5, 0.6) is 0 Å². The molecule has 0 fully saturated rings. The minimum atomic E-state index is -3.33. The van der Waals surface area contributed by atoms with Crippen LogP contribution in [0, 0.1) is 0 Å². The van der Waals surface area contributed by atoms with Crippen molar-refractivity contribution in [2.75, 3.05) is 13.6 Å². The summed E-state index contributed by atoms with van der Waals surface area (Å²) >= 11 is 0. The summed E-state index contributed by atoms with van der Waals surface area (Å²) in [6.07, 6.45) is 1.76. The molecule has 0 unspecified atom stereocenters. The van der Waals surface area contributed by atoms with Crippen LogP contribution in [0.15, 0.2) is 24.3 Å². The SMILES string of the molecule is CCCCN(C)S(=O)(=O)Cc1ccc(C(=O)O)cc1. The average molecular weight is 285 g/mol. The van der Waals surface area contributed by atoms with Gasteiger partial charge in [-0.3, -0.25) is 0 Å². The van der Waals surface area contributed by atoms with Crippen LogP contribution in [-0.4, -0.2) is 37.4 Å². The molecule has 0 saturated carbocycles. The zero-order valence-electron chi connectivity index (χ0n) is 11.2. The topological polar surface area (TPSA) is 74.7 Å². The van der Waals surface area contributed by atoms with E-state index in [4.69, 9.17) is 5.11 Å². The van der Waals surface area contributed by atoms with Crippen molar-refractivity contribution in [2.45, 2.75) is 25.5 Å². The zero-order valence-corrected chi connectivity index (χ0v) is 12.0. The van der Waals surface area contributed by atoms with Gasteiger partial charge in [-0.1, -0.05) is 25.5 Å². The number of aromatic carboxylic acids is 1. The van der Waals surface area contributed by atoms with E-state index in [1.807, 2.05) is 6.92 Å². The maximum Gasteiger partial charge on any atom is 0.335 e. The lowest BCUT2D eigenvalue weighted by atomic mass is 10.1.